The summed E-state index contributed by atoms with van der Waals surface area (Å²) in [6.45, 7) is 0.910. The first-order valence-corrected chi connectivity index (χ1v) is 8.61. The average Bonchev–Trinajstić information content (AvgIpc) is 2.99. The van der Waals surface area contributed by atoms with Gasteiger partial charge in [-0.2, -0.15) is 5.10 Å². The first kappa shape index (κ1) is 15.2. The number of anilines is 1. The third-order valence-corrected chi connectivity index (χ3v) is 4.93. The maximum atomic E-state index is 12.4. The number of nitrogens with zero attached hydrogens (tertiary/aromatic N) is 2. The molecule has 6 heteroatoms. The molecule has 0 saturated heterocycles. The lowest BCUT2D eigenvalue weighted by Gasteiger charge is -2.30. The maximum absolute atomic E-state index is 12.4. The molecule has 2 aliphatic rings. The first-order chi connectivity index (χ1) is 11.7. The number of aryl methyl sites for hydroxylation is 3. The van der Waals surface area contributed by atoms with Crippen LogP contribution in [0.2, 0.25) is 0 Å². The van der Waals surface area contributed by atoms with Gasteiger partial charge in [0.1, 0.15) is 0 Å². The van der Waals surface area contributed by atoms with Gasteiger partial charge in [0, 0.05) is 18.3 Å². The van der Waals surface area contributed by atoms with E-state index >= 15 is 0 Å². The van der Waals surface area contributed by atoms with Gasteiger partial charge < -0.3 is 10.4 Å². The zero-order chi connectivity index (χ0) is 16.5. The molecule has 2 heterocycles. The normalized spacial score (nSPS) is 22.4. The van der Waals surface area contributed by atoms with E-state index in [1.165, 1.54) is 17.7 Å². The molecule has 6 nitrogen and oxygen atoms in total. The van der Waals surface area contributed by atoms with E-state index in [1.54, 1.807) is 0 Å². The number of rotatable bonds is 2. The molecule has 0 spiro atoms. The summed E-state index contributed by atoms with van der Waals surface area (Å²) in [6, 6.07) is 9.17. The van der Waals surface area contributed by atoms with E-state index in [-0.39, 0.29) is 12.1 Å². The standard InChI is InChI=1S/C18H22N4O2/c23-15-9-8-12-5-1-2-7-14(12)17(15)20-18(24)19-16-11-13-6-3-4-10-22(13)21-16/h1-2,5,7,11,15,17,23H,3-4,6,8-10H2,(H2,19,20,21,24)/t15-,17+/m1/s1. The van der Waals surface area contributed by atoms with Gasteiger partial charge >= 0.3 is 6.03 Å². The van der Waals surface area contributed by atoms with Crippen LogP contribution in [0.25, 0.3) is 0 Å². The summed E-state index contributed by atoms with van der Waals surface area (Å²) in [5.41, 5.74) is 3.35. The third kappa shape index (κ3) is 2.89. The molecular weight excluding hydrogens is 304 g/mol. The van der Waals surface area contributed by atoms with Crippen molar-refractivity contribution in [1.82, 2.24) is 15.1 Å². The predicted molar refractivity (Wildman–Crippen MR) is 90.8 cm³/mol. The molecule has 4 rings (SSSR count). The summed E-state index contributed by atoms with van der Waals surface area (Å²) in [6.07, 6.45) is 4.23. The van der Waals surface area contributed by atoms with Crippen LogP contribution in [0.15, 0.2) is 30.3 Å². The zero-order valence-corrected chi connectivity index (χ0v) is 13.5. The number of benzene rings is 1. The SMILES string of the molecule is O=C(Nc1cc2n(n1)CCCC2)N[C@H]1c2ccccc2CC[C@H]1O. The molecule has 1 aromatic heterocycles. The van der Waals surface area contributed by atoms with Crippen LogP contribution in [-0.4, -0.2) is 27.0 Å². The fourth-order valence-electron chi connectivity index (χ4n) is 3.69. The Morgan fingerprint density at radius 1 is 1.25 bits per heavy atom. The van der Waals surface area contributed by atoms with Gasteiger partial charge in [-0.25, -0.2) is 4.79 Å². The van der Waals surface area contributed by atoms with Crippen LogP contribution in [0.1, 0.15) is 42.1 Å². The van der Waals surface area contributed by atoms with Crippen LogP contribution in [-0.2, 0) is 19.4 Å². The number of aliphatic hydroxyl groups excluding tert-OH is 1. The second-order valence-electron chi connectivity index (χ2n) is 6.58. The van der Waals surface area contributed by atoms with E-state index in [9.17, 15) is 9.90 Å². The molecule has 3 N–H and O–H groups in total. The minimum Gasteiger partial charge on any atom is -0.391 e. The average molecular weight is 326 g/mol. The molecule has 2 aromatic rings. The highest BCUT2D eigenvalue weighted by molar-refractivity contribution is 5.88. The molecule has 0 bridgehead atoms. The van der Waals surface area contributed by atoms with Crippen LogP contribution in [0, 0.1) is 0 Å². The Morgan fingerprint density at radius 3 is 3.00 bits per heavy atom. The molecule has 1 aliphatic heterocycles. The van der Waals surface area contributed by atoms with Crippen molar-refractivity contribution in [3.8, 4) is 0 Å². The number of hydrogen-bond acceptors (Lipinski definition) is 3. The van der Waals surface area contributed by atoms with Gasteiger partial charge in [-0.3, -0.25) is 10.00 Å². The second kappa shape index (κ2) is 6.28. The third-order valence-electron chi connectivity index (χ3n) is 4.93. The van der Waals surface area contributed by atoms with Crippen molar-refractivity contribution in [3.05, 3.63) is 47.2 Å². The minimum absolute atomic E-state index is 0.328. The zero-order valence-electron chi connectivity index (χ0n) is 13.5. The van der Waals surface area contributed by atoms with Crippen LogP contribution in [0.4, 0.5) is 10.6 Å². The lowest BCUT2D eigenvalue weighted by molar-refractivity contribution is 0.114. The quantitative estimate of drug-likeness (QED) is 0.793. The molecule has 0 fully saturated rings. The van der Waals surface area contributed by atoms with Gasteiger partial charge in [0.25, 0.3) is 0 Å². The summed E-state index contributed by atoms with van der Waals surface area (Å²) in [5, 5.41) is 20.4. The highest BCUT2D eigenvalue weighted by Crippen LogP contribution is 2.30. The number of carbonyl (C=O) groups excluding carboxylic acids is 1. The van der Waals surface area contributed by atoms with Crippen LogP contribution < -0.4 is 10.6 Å². The molecule has 2 atom stereocenters. The Labute approximate surface area is 140 Å². The highest BCUT2D eigenvalue weighted by Gasteiger charge is 2.29. The summed E-state index contributed by atoms with van der Waals surface area (Å²) in [5.74, 6) is 0.572. The Balaban J connectivity index is 1.47. The van der Waals surface area contributed by atoms with Crippen molar-refractivity contribution in [3.63, 3.8) is 0 Å². The first-order valence-electron chi connectivity index (χ1n) is 8.61. The van der Waals surface area contributed by atoms with Crippen molar-refractivity contribution < 1.29 is 9.90 Å². The summed E-state index contributed by atoms with van der Waals surface area (Å²) >= 11 is 0. The smallest absolute Gasteiger partial charge is 0.321 e. The molecule has 1 aromatic carbocycles. The van der Waals surface area contributed by atoms with Crippen molar-refractivity contribution >= 4 is 11.8 Å². The summed E-state index contributed by atoms with van der Waals surface area (Å²) in [7, 11) is 0. The Morgan fingerprint density at radius 2 is 2.12 bits per heavy atom. The van der Waals surface area contributed by atoms with E-state index in [4.69, 9.17) is 0 Å². The summed E-state index contributed by atoms with van der Waals surface area (Å²) < 4.78 is 1.96. The van der Waals surface area contributed by atoms with E-state index in [0.717, 1.165) is 31.4 Å². The van der Waals surface area contributed by atoms with Crippen molar-refractivity contribution in [2.75, 3.05) is 5.32 Å². The minimum atomic E-state index is -0.569. The maximum Gasteiger partial charge on any atom is 0.321 e. The Hall–Kier alpha value is -2.34. The fraction of sp³-hybridized carbons (Fsp3) is 0.444. The number of hydrogen-bond donors (Lipinski definition) is 3. The van der Waals surface area contributed by atoms with Crippen LogP contribution >= 0.6 is 0 Å². The largest absolute Gasteiger partial charge is 0.391 e. The molecule has 24 heavy (non-hydrogen) atoms. The molecule has 126 valence electrons. The van der Waals surface area contributed by atoms with Crippen molar-refractivity contribution in [2.24, 2.45) is 0 Å². The number of nitrogens with one attached hydrogen (secondary N) is 2. The highest BCUT2D eigenvalue weighted by atomic mass is 16.3. The monoisotopic (exact) mass is 326 g/mol. The van der Waals surface area contributed by atoms with Gasteiger partial charge in [-0.15, -0.1) is 0 Å². The van der Waals surface area contributed by atoms with Gasteiger partial charge in [0.05, 0.1) is 12.1 Å². The molecule has 2 amide bonds. The van der Waals surface area contributed by atoms with Crippen molar-refractivity contribution in [2.45, 2.75) is 50.8 Å². The topological polar surface area (TPSA) is 79.2 Å². The molecule has 0 unspecified atom stereocenters. The van der Waals surface area contributed by atoms with Crippen molar-refractivity contribution in [1.29, 1.82) is 0 Å². The van der Waals surface area contributed by atoms with E-state index in [1.807, 2.05) is 28.9 Å². The molecule has 1 aliphatic carbocycles. The van der Waals surface area contributed by atoms with Gasteiger partial charge in [-0.05, 0) is 43.2 Å². The Kier molecular flexibility index (Phi) is 3.98. The lowest BCUT2D eigenvalue weighted by atomic mass is 9.86. The summed E-state index contributed by atoms with van der Waals surface area (Å²) in [4.78, 5) is 12.4. The van der Waals surface area contributed by atoms with Gasteiger partial charge in [-0.1, -0.05) is 24.3 Å². The number of amides is 2. The van der Waals surface area contributed by atoms with Gasteiger partial charge in [0.2, 0.25) is 0 Å². The Bertz CT molecular complexity index is 732. The number of aliphatic hydroxyl groups is 1. The predicted octanol–water partition coefficient (Wildman–Crippen LogP) is 2.39. The number of urea groups is 1. The van der Waals surface area contributed by atoms with Crippen LogP contribution in [0.5, 0.6) is 0 Å². The number of aromatic nitrogens is 2. The molecule has 0 radical (unpaired) electrons. The lowest BCUT2D eigenvalue weighted by Crippen LogP contribution is -2.41. The van der Waals surface area contributed by atoms with E-state index < -0.39 is 6.10 Å². The second-order valence-corrected chi connectivity index (χ2v) is 6.58. The van der Waals surface area contributed by atoms with Crippen LogP contribution in [0.3, 0.4) is 0 Å². The fourth-order valence-corrected chi connectivity index (χ4v) is 3.69. The van der Waals surface area contributed by atoms with E-state index in [2.05, 4.69) is 21.8 Å². The molecular formula is C18H22N4O2. The van der Waals surface area contributed by atoms with Gasteiger partial charge in [0.15, 0.2) is 5.82 Å². The number of fused-ring (bicyclic) bond motifs is 2. The number of carbonyl (C=O) groups is 1. The van der Waals surface area contributed by atoms with E-state index in [0.29, 0.717) is 12.2 Å². The molecule has 0 saturated carbocycles.